The van der Waals surface area contributed by atoms with E-state index in [1.165, 1.54) is 23.2 Å². The van der Waals surface area contributed by atoms with E-state index in [0.717, 1.165) is 11.8 Å². The van der Waals surface area contributed by atoms with Gasteiger partial charge in [-0.3, -0.25) is 4.98 Å². The molecule has 2 nitrogen and oxygen atoms in total. The molecule has 0 bridgehead atoms. The molecule has 2 aliphatic rings. The minimum absolute atomic E-state index is 0.0326. The second-order valence-electron chi connectivity index (χ2n) is 7.82. The van der Waals surface area contributed by atoms with E-state index >= 15 is 0 Å². The van der Waals surface area contributed by atoms with Gasteiger partial charge in [-0.05, 0) is 37.3 Å². The first kappa shape index (κ1) is 16.1. The maximum atomic E-state index is 6.27. The Labute approximate surface area is 137 Å². The maximum Gasteiger partial charge on any atom is 0.0731 e. The van der Waals surface area contributed by atoms with E-state index in [0.29, 0.717) is 12.5 Å². The lowest BCUT2D eigenvalue weighted by molar-refractivity contribution is -0.0497. The first-order valence-corrected chi connectivity index (χ1v) is 8.93. The van der Waals surface area contributed by atoms with Gasteiger partial charge in [-0.15, -0.1) is 9.24 Å². The van der Waals surface area contributed by atoms with Crippen molar-refractivity contribution in [3.05, 3.63) is 35.2 Å². The lowest BCUT2D eigenvalue weighted by atomic mass is 9.93. The first-order valence-electron chi connectivity index (χ1n) is 8.35. The van der Waals surface area contributed by atoms with Crippen molar-refractivity contribution in [1.29, 1.82) is 0 Å². The smallest absolute Gasteiger partial charge is 0.0731 e. The molecule has 0 N–H and O–H groups in total. The van der Waals surface area contributed by atoms with Crippen molar-refractivity contribution >= 4 is 15.3 Å². The Morgan fingerprint density at radius 3 is 2.64 bits per heavy atom. The van der Waals surface area contributed by atoms with Gasteiger partial charge in [-0.1, -0.05) is 39.3 Å². The Morgan fingerprint density at radius 2 is 2.00 bits per heavy atom. The number of fused-ring (bicyclic) bond motifs is 3. The summed E-state index contributed by atoms with van der Waals surface area (Å²) in [6, 6.07) is 2.11. The van der Waals surface area contributed by atoms with Crippen molar-refractivity contribution in [1.82, 2.24) is 4.98 Å². The van der Waals surface area contributed by atoms with Crippen molar-refractivity contribution in [2.75, 3.05) is 0 Å². The number of nitrogens with zero attached hydrogens (tertiary/aromatic N) is 1. The van der Waals surface area contributed by atoms with Gasteiger partial charge in [0.15, 0.2) is 0 Å². The molecule has 1 saturated carbocycles. The van der Waals surface area contributed by atoms with Gasteiger partial charge in [0, 0.05) is 22.8 Å². The summed E-state index contributed by atoms with van der Waals surface area (Å²) in [6.07, 6.45) is 7.86. The van der Waals surface area contributed by atoms with Crippen LogP contribution in [0, 0.1) is 11.8 Å². The molecule has 1 heterocycles. The quantitative estimate of drug-likeness (QED) is 0.728. The molecule has 1 fully saturated rings. The zero-order valence-electron chi connectivity index (χ0n) is 14.4. The summed E-state index contributed by atoms with van der Waals surface area (Å²) >= 11 is 0. The molecule has 0 saturated heterocycles. The van der Waals surface area contributed by atoms with E-state index < -0.39 is 0 Å². The van der Waals surface area contributed by atoms with Crippen LogP contribution in [-0.2, 0) is 11.3 Å². The lowest BCUT2D eigenvalue weighted by Gasteiger charge is -2.38. The molecular weight excluding hydrogens is 289 g/mol. The van der Waals surface area contributed by atoms with Gasteiger partial charge >= 0.3 is 0 Å². The number of hydrogen-bond donors (Lipinski definition) is 0. The number of hydrogen-bond acceptors (Lipinski definition) is 2. The Kier molecular flexibility index (Phi) is 3.98. The third-order valence-corrected chi connectivity index (χ3v) is 6.45. The summed E-state index contributed by atoms with van der Waals surface area (Å²) in [5, 5.41) is 0.0326. The molecule has 1 aromatic rings. The summed E-state index contributed by atoms with van der Waals surface area (Å²) < 4.78 is 6.27. The molecule has 4 atom stereocenters. The number of rotatable bonds is 5. The molecule has 4 unspecified atom stereocenters. The van der Waals surface area contributed by atoms with Gasteiger partial charge in [0.1, 0.15) is 0 Å². The monoisotopic (exact) mass is 317 g/mol. The summed E-state index contributed by atoms with van der Waals surface area (Å²) in [5.74, 6) is 2.17. The number of ether oxygens (including phenoxy) is 1. The van der Waals surface area contributed by atoms with Crippen LogP contribution >= 0.6 is 9.24 Å². The summed E-state index contributed by atoms with van der Waals surface area (Å²) in [5.41, 5.74) is 3.67. The van der Waals surface area contributed by atoms with Gasteiger partial charge in [0.05, 0.1) is 17.9 Å². The lowest BCUT2D eigenvalue weighted by Crippen LogP contribution is -2.42. The molecule has 1 aromatic heterocycles. The first-order chi connectivity index (χ1) is 10.3. The largest absolute Gasteiger partial charge is 0.370 e. The molecule has 0 radical (unpaired) electrons. The van der Waals surface area contributed by atoms with Crippen molar-refractivity contribution < 1.29 is 4.74 Å². The second kappa shape index (κ2) is 5.42. The molecule has 0 amide bonds. The highest BCUT2D eigenvalue weighted by atomic mass is 31.0. The van der Waals surface area contributed by atoms with Crippen LogP contribution in [0.4, 0.5) is 0 Å². The fourth-order valence-electron chi connectivity index (χ4n) is 3.34. The molecule has 0 aromatic carbocycles. The SMILES string of the molecule is CCC1C2C=Cc3c(COC(C)(C)C(C)(C)P)ccnc3C21. The zero-order chi connectivity index (χ0) is 16.1. The van der Waals surface area contributed by atoms with Crippen molar-refractivity contribution in [2.45, 2.75) is 64.3 Å². The van der Waals surface area contributed by atoms with E-state index in [9.17, 15) is 0 Å². The minimum atomic E-state index is -0.194. The van der Waals surface area contributed by atoms with Gasteiger partial charge < -0.3 is 4.74 Å². The van der Waals surface area contributed by atoms with Crippen LogP contribution in [0.3, 0.4) is 0 Å². The zero-order valence-corrected chi connectivity index (χ0v) is 15.5. The molecule has 0 aliphatic heterocycles. The Morgan fingerprint density at radius 1 is 1.27 bits per heavy atom. The van der Waals surface area contributed by atoms with Gasteiger partial charge in [0.2, 0.25) is 0 Å². The van der Waals surface area contributed by atoms with E-state index in [-0.39, 0.29) is 10.8 Å². The summed E-state index contributed by atoms with van der Waals surface area (Å²) in [4.78, 5) is 4.68. The standard InChI is InChI=1S/C19H28NOP/c1-6-13-15-8-7-14-12(9-10-20-17(14)16(13)15)11-21-18(2,3)19(4,5)22/h7-10,13,15-16H,6,11,22H2,1-5H3. The number of allylic oxidation sites excluding steroid dienone is 1. The molecule has 3 heteroatoms. The Hall–Kier alpha value is -0.720. The molecule has 3 rings (SSSR count). The number of pyridine rings is 1. The van der Waals surface area contributed by atoms with Crippen LogP contribution in [0.15, 0.2) is 18.3 Å². The minimum Gasteiger partial charge on any atom is -0.370 e. The van der Waals surface area contributed by atoms with Gasteiger partial charge in [-0.2, -0.15) is 0 Å². The third kappa shape index (κ3) is 2.65. The van der Waals surface area contributed by atoms with E-state index in [2.05, 4.69) is 67.1 Å². The fourth-order valence-corrected chi connectivity index (χ4v) is 3.42. The van der Waals surface area contributed by atoms with Crippen LogP contribution < -0.4 is 0 Å². The van der Waals surface area contributed by atoms with Crippen molar-refractivity contribution in [3.63, 3.8) is 0 Å². The summed E-state index contributed by atoms with van der Waals surface area (Å²) in [7, 11) is 2.90. The highest BCUT2D eigenvalue weighted by Crippen LogP contribution is 2.59. The van der Waals surface area contributed by atoms with E-state index in [1.54, 1.807) is 0 Å². The maximum absolute atomic E-state index is 6.27. The van der Waals surface area contributed by atoms with Crippen LogP contribution in [0.5, 0.6) is 0 Å². The molecular formula is C19H28NOP. The van der Waals surface area contributed by atoms with Crippen molar-refractivity contribution in [2.24, 2.45) is 11.8 Å². The fraction of sp³-hybridized carbons (Fsp3) is 0.632. The highest BCUT2D eigenvalue weighted by Gasteiger charge is 2.51. The van der Waals surface area contributed by atoms with Crippen LogP contribution in [0.25, 0.3) is 6.08 Å². The van der Waals surface area contributed by atoms with Crippen LogP contribution in [0.1, 0.15) is 63.8 Å². The summed E-state index contributed by atoms with van der Waals surface area (Å²) in [6.45, 7) is 11.6. The normalized spacial score (nSPS) is 26.5. The van der Waals surface area contributed by atoms with Crippen LogP contribution in [-0.4, -0.2) is 15.7 Å². The van der Waals surface area contributed by atoms with E-state index in [1.807, 2.05) is 6.20 Å². The second-order valence-corrected chi connectivity index (χ2v) is 9.27. The van der Waals surface area contributed by atoms with Crippen molar-refractivity contribution in [3.8, 4) is 0 Å². The average molecular weight is 317 g/mol. The molecule has 120 valence electrons. The molecule has 0 spiro atoms. The van der Waals surface area contributed by atoms with Gasteiger partial charge in [0.25, 0.3) is 0 Å². The number of aromatic nitrogens is 1. The topological polar surface area (TPSA) is 22.1 Å². The average Bonchev–Trinajstić information content (AvgIpc) is 3.17. The van der Waals surface area contributed by atoms with Crippen LogP contribution in [0.2, 0.25) is 0 Å². The Bertz CT molecular complexity index is 600. The molecule has 22 heavy (non-hydrogen) atoms. The predicted octanol–water partition coefficient (Wildman–Crippen LogP) is 4.80. The third-order valence-electron chi connectivity index (χ3n) is 5.75. The highest BCUT2D eigenvalue weighted by molar-refractivity contribution is 7.19. The molecule has 2 aliphatic carbocycles. The van der Waals surface area contributed by atoms with E-state index in [4.69, 9.17) is 4.74 Å². The van der Waals surface area contributed by atoms with Gasteiger partial charge in [-0.25, -0.2) is 0 Å². The predicted molar refractivity (Wildman–Crippen MR) is 95.9 cm³/mol. The Balaban J connectivity index is 1.81.